The van der Waals surface area contributed by atoms with Crippen LogP contribution in [0.5, 0.6) is 17.2 Å². The van der Waals surface area contributed by atoms with Gasteiger partial charge in [0, 0.05) is 11.8 Å². The van der Waals surface area contributed by atoms with Crippen LogP contribution < -0.4 is 0 Å². The Balaban J connectivity index is 1.87. The van der Waals surface area contributed by atoms with Gasteiger partial charge in [0.15, 0.2) is 38.9 Å². The zero-order chi connectivity index (χ0) is 21.0. The first kappa shape index (κ1) is 19.6. The van der Waals surface area contributed by atoms with Crippen molar-refractivity contribution >= 4 is 33.7 Å². The zero-order valence-corrected chi connectivity index (χ0v) is 15.3. The molecule has 0 bridgehead atoms. The van der Waals surface area contributed by atoms with Crippen LogP contribution in [-0.4, -0.2) is 80.3 Å². The number of aliphatic imine (C=N–C) groups is 1. The second kappa shape index (κ2) is 6.19. The van der Waals surface area contributed by atoms with Crippen molar-refractivity contribution in [3.63, 3.8) is 0 Å². The Morgan fingerprint density at radius 3 is 2.36 bits per heavy atom. The average Bonchev–Trinajstić information content (AvgIpc) is 2.73. The molecule has 3 atom stereocenters. The van der Waals surface area contributed by atoms with Gasteiger partial charge in [-0.25, -0.2) is 13.2 Å². The van der Waals surface area contributed by atoms with Crippen LogP contribution >= 0.6 is 0 Å². The highest BCUT2D eigenvalue weighted by Crippen LogP contribution is 2.45. The molecule has 0 aromatic heterocycles. The fraction of sp³-hybridized carbons (Fsp3) is 0.375. The highest BCUT2D eigenvalue weighted by atomic mass is 32.2. The molecule has 28 heavy (non-hydrogen) atoms. The number of rotatable bonds is 5. The van der Waals surface area contributed by atoms with Crippen molar-refractivity contribution in [2.24, 2.45) is 4.99 Å². The van der Waals surface area contributed by atoms with E-state index in [4.69, 9.17) is 0 Å². The quantitative estimate of drug-likeness (QED) is 0.209. The highest BCUT2D eigenvalue weighted by Gasteiger charge is 2.69. The number of hydrogen-bond donors (Lipinski definition) is 4. The van der Waals surface area contributed by atoms with Crippen LogP contribution in [0.4, 0.5) is 0 Å². The monoisotopic (exact) mass is 412 g/mol. The third-order valence-electron chi connectivity index (χ3n) is 4.95. The summed E-state index contributed by atoms with van der Waals surface area (Å²) in [5, 5.41) is 36.4. The van der Waals surface area contributed by atoms with Gasteiger partial charge in [-0.1, -0.05) is 0 Å². The van der Waals surface area contributed by atoms with Crippen LogP contribution in [-0.2, 0) is 19.4 Å². The number of phenolic OH excluding ortho intramolecular Hbond substituents is 3. The summed E-state index contributed by atoms with van der Waals surface area (Å²) >= 11 is 0. The third kappa shape index (κ3) is 2.59. The number of benzene rings is 1. The molecule has 1 amide bonds. The maximum absolute atomic E-state index is 12.7. The number of nitrogens with zero attached hydrogens (tertiary/aromatic N) is 2. The number of aromatic hydroxyl groups is 3. The first-order chi connectivity index (χ1) is 12.9. The van der Waals surface area contributed by atoms with Gasteiger partial charge in [-0.05, 0) is 19.1 Å². The normalized spacial score (nSPS) is 28.2. The van der Waals surface area contributed by atoms with Crippen molar-refractivity contribution < 1.29 is 43.2 Å². The van der Waals surface area contributed by atoms with E-state index in [1.165, 1.54) is 0 Å². The second-order valence-corrected chi connectivity index (χ2v) is 9.20. The van der Waals surface area contributed by atoms with Gasteiger partial charge in [-0.2, -0.15) is 0 Å². The van der Waals surface area contributed by atoms with Gasteiger partial charge in [0.2, 0.25) is 5.91 Å². The molecule has 2 aliphatic rings. The van der Waals surface area contributed by atoms with Crippen LogP contribution in [0.25, 0.3) is 0 Å². The van der Waals surface area contributed by atoms with Gasteiger partial charge < -0.3 is 25.3 Å². The molecule has 1 aromatic carbocycles. The number of hydrogen-bond acceptors (Lipinski definition) is 9. The van der Waals surface area contributed by atoms with Gasteiger partial charge >= 0.3 is 5.97 Å². The van der Waals surface area contributed by atoms with E-state index >= 15 is 0 Å². The van der Waals surface area contributed by atoms with Gasteiger partial charge in [0.25, 0.3) is 0 Å². The molecule has 0 saturated carbocycles. The van der Waals surface area contributed by atoms with E-state index in [1.807, 2.05) is 0 Å². The number of fused-ring (bicyclic) bond motifs is 1. The molecule has 2 aliphatic heterocycles. The maximum atomic E-state index is 12.7. The Morgan fingerprint density at radius 2 is 1.86 bits per heavy atom. The molecule has 1 aromatic rings. The van der Waals surface area contributed by atoms with Gasteiger partial charge in [-0.3, -0.25) is 14.6 Å². The number of carboxylic acids is 1. The van der Waals surface area contributed by atoms with Crippen LogP contribution in [0.2, 0.25) is 0 Å². The fourth-order valence-electron chi connectivity index (χ4n) is 3.37. The molecule has 3 rings (SSSR count). The van der Waals surface area contributed by atoms with E-state index in [9.17, 15) is 43.2 Å². The summed E-state index contributed by atoms with van der Waals surface area (Å²) in [6, 6.07) is 0.126. The minimum absolute atomic E-state index is 0.196. The number of amides is 1. The molecule has 2 fully saturated rings. The Kier molecular flexibility index (Phi) is 4.34. The summed E-state index contributed by atoms with van der Waals surface area (Å²) < 4.78 is 23.3. The van der Waals surface area contributed by atoms with E-state index in [-0.39, 0.29) is 12.0 Å². The molecule has 2 heterocycles. The molecule has 0 aliphatic carbocycles. The van der Waals surface area contributed by atoms with Crippen molar-refractivity contribution in [2.45, 2.75) is 29.5 Å². The van der Waals surface area contributed by atoms with E-state index in [2.05, 4.69) is 4.99 Å². The van der Waals surface area contributed by atoms with Crippen LogP contribution in [0, 0.1) is 0 Å². The minimum Gasteiger partial charge on any atom is -0.504 e. The van der Waals surface area contributed by atoms with Crippen molar-refractivity contribution in [3.8, 4) is 17.2 Å². The molecule has 11 nitrogen and oxygen atoms in total. The Morgan fingerprint density at radius 1 is 1.29 bits per heavy atom. The number of Topliss-reactive ketones (excluding diaryl/α,β-unsaturated/α-hetero) is 1. The van der Waals surface area contributed by atoms with Crippen LogP contribution in [0.15, 0.2) is 17.1 Å². The van der Waals surface area contributed by atoms with Gasteiger partial charge in [-0.15, -0.1) is 0 Å². The van der Waals surface area contributed by atoms with Crippen molar-refractivity contribution in [1.82, 2.24) is 4.90 Å². The van der Waals surface area contributed by atoms with E-state index in [0.29, 0.717) is 0 Å². The lowest BCUT2D eigenvalue weighted by Gasteiger charge is -2.35. The number of sulfone groups is 1. The second-order valence-electron chi connectivity index (χ2n) is 6.69. The predicted molar refractivity (Wildman–Crippen MR) is 93.1 cm³/mol. The lowest BCUT2D eigenvalue weighted by Crippen LogP contribution is -2.57. The molecular weight excluding hydrogens is 396 g/mol. The molecule has 2 saturated heterocycles. The number of β-lactam (4-membered cyclic amide) rings is 1. The third-order valence-corrected chi connectivity index (χ3v) is 7.61. The largest absolute Gasteiger partial charge is 0.504 e. The van der Waals surface area contributed by atoms with Crippen molar-refractivity contribution in [2.75, 3.05) is 6.54 Å². The van der Waals surface area contributed by atoms with E-state index < -0.39 is 67.5 Å². The topological polar surface area (TPSA) is 182 Å². The Bertz CT molecular complexity index is 1010. The van der Waals surface area contributed by atoms with Gasteiger partial charge in [0.05, 0.1) is 6.42 Å². The van der Waals surface area contributed by atoms with E-state index in [1.54, 1.807) is 0 Å². The summed E-state index contributed by atoms with van der Waals surface area (Å²) in [4.78, 5) is 40.0. The Labute approximate surface area is 158 Å². The molecule has 150 valence electrons. The summed E-state index contributed by atoms with van der Waals surface area (Å²) in [6.45, 7) is 0.513. The van der Waals surface area contributed by atoms with Crippen molar-refractivity contribution in [3.05, 3.63) is 17.7 Å². The minimum atomic E-state index is -4.09. The number of carbonyl (C=O) groups is 3. The molecular formula is C16H16N2O9S. The fourth-order valence-corrected chi connectivity index (χ4v) is 5.60. The Hall–Kier alpha value is -3.15. The number of carboxylic acid groups (broad SMARTS) is 1. The number of carbonyl (C=O) groups excluding carboxylic acids is 2. The standard InChI is InChI=1S/C16H16N2O9S/c1-16(14(15(24)25)18-11(22)4-12(18)28(16,26)27)6-17-5-10(21)7-2-8(19)13(23)9(20)3-7/h2-3,6,12,14,19-20,23H,4-5H2,1H3,(H,24,25)/t12-,14+,16+/m1/s1. The van der Waals surface area contributed by atoms with Crippen LogP contribution in [0.3, 0.4) is 0 Å². The van der Waals surface area contributed by atoms with Gasteiger partial charge in [0.1, 0.15) is 16.7 Å². The summed E-state index contributed by atoms with van der Waals surface area (Å²) in [5.74, 6) is -5.09. The molecule has 12 heteroatoms. The number of aliphatic carboxylic acids is 1. The summed E-state index contributed by atoms with van der Waals surface area (Å²) in [5.41, 5.74) is -0.196. The molecule has 0 radical (unpaired) electrons. The van der Waals surface area contributed by atoms with Crippen LogP contribution in [0.1, 0.15) is 23.7 Å². The summed E-state index contributed by atoms with van der Waals surface area (Å²) in [7, 11) is -4.09. The van der Waals surface area contributed by atoms with E-state index in [0.717, 1.165) is 30.2 Å². The van der Waals surface area contributed by atoms with Crippen molar-refractivity contribution in [1.29, 1.82) is 0 Å². The summed E-state index contributed by atoms with van der Waals surface area (Å²) in [6.07, 6.45) is 0.533. The SMILES string of the molecule is C[C@]1(C=NCC(=O)c2cc(O)c(O)c(O)c2)[C@H](C(=O)O)N2C(=O)C[C@H]2S1(=O)=O. The maximum Gasteiger partial charge on any atom is 0.328 e. The number of phenols is 3. The molecule has 4 N–H and O–H groups in total. The average molecular weight is 412 g/mol. The lowest BCUT2D eigenvalue weighted by molar-refractivity contribution is -0.156. The molecule has 0 unspecified atom stereocenters. The highest BCUT2D eigenvalue weighted by molar-refractivity contribution is 7.94. The molecule has 0 spiro atoms. The predicted octanol–water partition coefficient (Wildman–Crippen LogP) is -0.744. The smallest absolute Gasteiger partial charge is 0.328 e. The lowest BCUT2D eigenvalue weighted by atomic mass is 9.97. The zero-order valence-electron chi connectivity index (χ0n) is 14.4. The first-order valence-corrected chi connectivity index (χ1v) is 9.53. The first-order valence-electron chi connectivity index (χ1n) is 7.98. The number of ketones is 1.